The van der Waals surface area contributed by atoms with E-state index in [9.17, 15) is 23.3 Å². The fraction of sp³-hybridized carbons (Fsp3) is 0.467. The van der Waals surface area contributed by atoms with Gasteiger partial charge >= 0.3 is 11.9 Å². The molecule has 0 spiro atoms. The van der Waals surface area contributed by atoms with E-state index in [4.69, 9.17) is 0 Å². The number of rotatable bonds is 4. The number of amides is 1. The van der Waals surface area contributed by atoms with Crippen LogP contribution in [0.5, 0.6) is 0 Å². The summed E-state index contributed by atoms with van der Waals surface area (Å²) in [5, 5.41) is 2.73. The Bertz CT molecular complexity index is 593. The molecule has 6 nitrogen and oxygen atoms in total. The summed E-state index contributed by atoms with van der Waals surface area (Å²) >= 11 is 0. The molecule has 1 fully saturated rings. The van der Waals surface area contributed by atoms with Gasteiger partial charge in [-0.15, -0.1) is 4.91 Å². The van der Waals surface area contributed by atoms with E-state index in [-0.39, 0.29) is 31.8 Å². The van der Waals surface area contributed by atoms with Gasteiger partial charge in [0, 0.05) is 38.4 Å². The molecule has 2 rings (SSSR count). The number of alkyl halides is 2. The normalized spacial score (nSPS) is 17.4. The number of piperidine rings is 1. The minimum Gasteiger partial charge on any atom is -0.429 e. The molecule has 0 bridgehead atoms. The smallest absolute Gasteiger partial charge is 0.378 e. The number of carbonyl (C=O) groups is 2. The minimum absolute atomic E-state index is 0.0854. The van der Waals surface area contributed by atoms with Crippen LogP contribution >= 0.6 is 0 Å². The second-order valence-corrected chi connectivity index (χ2v) is 5.47. The maximum Gasteiger partial charge on any atom is 0.378 e. The van der Waals surface area contributed by atoms with Crippen molar-refractivity contribution in [2.24, 2.45) is 5.18 Å². The van der Waals surface area contributed by atoms with Crippen molar-refractivity contribution in [1.29, 1.82) is 0 Å². The van der Waals surface area contributed by atoms with Gasteiger partial charge in [-0.1, -0.05) is 18.2 Å². The molecular formula is C15H16F2N2O4. The number of hydrogen-bond donors (Lipinski definition) is 0. The molecule has 8 heteroatoms. The molecular weight excluding hydrogens is 310 g/mol. The predicted molar refractivity (Wildman–Crippen MR) is 76.8 cm³/mol. The Morgan fingerprint density at radius 2 is 1.78 bits per heavy atom. The molecule has 1 aromatic carbocycles. The maximum absolute atomic E-state index is 12.9. The third-order valence-corrected chi connectivity index (χ3v) is 3.66. The summed E-state index contributed by atoms with van der Waals surface area (Å²) in [7, 11) is 0. The van der Waals surface area contributed by atoms with E-state index in [0.717, 1.165) is 0 Å². The van der Waals surface area contributed by atoms with Gasteiger partial charge in [0.25, 0.3) is 5.91 Å². The van der Waals surface area contributed by atoms with Crippen LogP contribution in [0, 0.1) is 4.91 Å². The molecule has 0 N–H and O–H groups in total. The summed E-state index contributed by atoms with van der Waals surface area (Å²) in [6, 6.07) is 8.53. The molecule has 1 aliphatic heterocycles. The van der Waals surface area contributed by atoms with E-state index in [1.807, 2.05) is 0 Å². The van der Waals surface area contributed by atoms with Crippen LogP contribution in [0.3, 0.4) is 0 Å². The number of ether oxygens (including phenoxy) is 1. The highest BCUT2D eigenvalue weighted by Gasteiger charge is 2.46. The van der Waals surface area contributed by atoms with Crippen molar-refractivity contribution in [2.45, 2.75) is 31.4 Å². The van der Waals surface area contributed by atoms with Crippen molar-refractivity contribution in [1.82, 2.24) is 4.90 Å². The summed E-state index contributed by atoms with van der Waals surface area (Å²) in [6.07, 6.45) is -0.228. The Labute approximate surface area is 131 Å². The first-order chi connectivity index (χ1) is 10.8. The zero-order valence-corrected chi connectivity index (χ0v) is 12.5. The number of benzene rings is 1. The Morgan fingerprint density at radius 1 is 1.22 bits per heavy atom. The number of likely N-dealkylation sites (tertiary alicyclic amines) is 1. The van der Waals surface area contributed by atoms with Crippen LogP contribution in [0.2, 0.25) is 0 Å². The molecule has 23 heavy (non-hydrogen) atoms. The van der Waals surface area contributed by atoms with Crippen molar-refractivity contribution in [2.75, 3.05) is 13.1 Å². The second kappa shape index (κ2) is 6.39. The number of hydrogen-bond acceptors (Lipinski definition) is 5. The molecule has 0 aromatic heterocycles. The highest BCUT2D eigenvalue weighted by molar-refractivity contribution is 5.94. The second-order valence-electron chi connectivity index (χ2n) is 5.47. The molecule has 0 atom stereocenters. The van der Waals surface area contributed by atoms with Gasteiger partial charge in [-0.05, 0) is 17.3 Å². The topological polar surface area (TPSA) is 76.0 Å². The van der Waals surface area contributed by atoms with E-state index in [1.165, 1.54) is 4.90 Å². The molecule has 124 valence electrons. The van der Waals surface area contributed by atoms with Crippen LogP contribution in [-0.2, 0) is 9.53 Å². The van der Waals surface area contributed by atoms with Gasteiger partial charge in [-0.2, -0.15) is 8.78 Å². The average molecular weight is 326 g/mol. The quantitative estimate of drug-likeness (QED) is 0.629. The van der Waals surface area contributed by atoms with Gasteiger partial charge in [-0.3, -0.25) is 4.79 Å². The standard InChI is InChI=1S/C15H16F2N2O4/c1-14(16,17)13(21)23-15(18-22)7-9-19(10-8-15)12(20)11-5-3-2-4-6-11/h2-6H,7-10H2,1H3. The zero-order chi connectivity index (χ0) is 17.1. The maximum atomic E-state index is 12.9. The van der Waals surface area contributed by atoms with Crippen LogP contribution in [0.1, 0.15) is 30.1 Å². The van der Waals surface area contributed by atoms with Gasteiger partial charge in [0.15, 0.2) is 0 Å². The first-order valence-corrected chi connectivity index (χ1v) is 7.07. The van der Waals surface area contributed by atoms with Crippen LogP contribution in [0.4, 0.5) is 8.78 Å². The monoisotopic (exact) mass is 326 g/mol. The van der Waals surface area contributed by atoms with E-state index >= 15 is 0 Å². The first kappa shape index (κ1) is 17.0. The Balaban J connectivity index is 2.02. The van der Waals surface area contributed by atoms with E-state index in [2.05, 4.69) is 9.91 Å². The van der Waals surface area contributed by atoms with Crippen LogP contribution in [0.15, 0.2) is 35.5 Å². The van der Waals surface area contributed by atoms with Gasteiger partial charge < -0.3 is 9.64 Å². The first-order valence-electron chi connectivity index (χ1n) is 7.07. The van der Waals surface area contributed by atoms with Gasteiger partial charge in [-0.25, -0.2) is 4.79 Å². The number of carbonyl (C=O) groups excluding carboxylic acids is 2. The lowest BCUT2D eigenvalue weighted by molar-refractivity contribution is -0.188. The Kier molecular flexibility index (Phi) is 4.72. The van der Waals surface area contributed by atoms with Crippen LogP contribution < -0.4 is 0 Å². The van der Waals surface area contributed by atoms with E-state index in [0.29, 0.717) is 12.5 Å². The fourth-order valence-electron chi connectivity index (χ4n) is 2.30. The average Bonchev–Trinajstić information content (AvgIpc) is 2.55. The van der Waals surface area contributed by atoms with Gasteiger partial charge in [0.05, 0.1) is 0 Å². The van der Waals surface area contributed by atoms with Crippen molar-refractivity contribution in [3.63, 3.8) is 0 Å². The van der Waals surface area contributed by atoms with Crippen molar-refractivity contribution >= 4 is 11.9 Å². The van der Waals surface area contributed by atoms with Crippen LogP contribution in [0.25, 0.3) is 0 Å². The van der Waals surface area contributed by atoms with Crippen molar-refractivity contribution in [3.8, 4) is 0 Å². The minimum atomic E-state index is -3.70. The van der Waals surface area contributed by atoms with Crippen molar-refractivity contribution in [3.05, 3.63) is 40.8 Å². The molecule has 0 aliphatic carbocycles. The lowest BCUT2D eigenvalue weighted by Gasteiger charge is -2.36. The van der Waals surface area contributed by atoms with Crippen molar-refractivity contribution < 1.29 is 23.1 Å². The van der Waals surface area contributed by atoms with Crippen LogP contribution in [-0.4, -0.2) is 41.5 Å². The van der Waals surface area contributed by atoms with E-state index in [1.54, 1.807) is 30.3 Å². The molecule has 0 radical (unpaired) electrons. The summed E-state index contributed by atoms with van der Waals surface area (Å²) in [5.74, 6) is -5.73. The molecule has 1 aromatic rings. The predicted octanol–water partition coefficient (Wildman–Crippen LogP) is 2.58. The largest absolute Gasteiger partial charge is 0.429 e. The Hall–Kier alpha value is -2.38. The number of halogens is 2. The van der Waals surface area contributed by atoms with Gasteiger partial charge in [0.2, 0.25) is 5.72 Å². The van der Waals surface area contributed by atoms with Gasteiger partial charge in [0.1, 0.15) is 0 Å². The SMILES string of the molecule is CC(F)(F)C(=O)OC1(N=O)CCN(C(=O)c2ccccc2)CC1. The number of nitroso groups, excluding NO2 is 1. The third kappa shape index (κ3) is 3.88. The lowest BCUT2D eigenvalue weighted by Crippen LogP contribution is -2.49. The number of nitrogens with zero attached hydrogens (tertiary/aromatic N) is 2. The summed E-state index contributed by atoms with van der Waals surface area (Å²) in [4.78, 5) is 36.0. The zero-order valence-electron chi connectivity index (χ0n) is 12.5. The summed E-state index contributed by atoms with van der Waals surface area (Å²) < 4.78 is 30.5. The Morgan fingerprint density at radius 3 is 2.26 bits per heavy atom. The number of esters is 1. The fourth-order valence-corrected chi connectivity index (χ4v) is 2.30. The molecule has 1 heterocycles. The molecule has 0 saturated carbocycles. The third-order valence-electron chi connectivity index (χ3n) is 3.66. The molecule has 1 saturated heterocycles. The highest BCUT2D eigenvalue weighted by Crippen LogP contribution is 2.31. The van der Waals surface area contributed by atoms with E-state index < -0.39 is 17.6 Å². The molecule has 1 aliphatic rings. The molecule has 1 amide bonds. The highest BCUT2D eigenvalue weighted by atomic mass is 19.3. The summed E-state index contributed by atoms with van der Waals surface area (Å²) in [5.41, 5.74) is -1.36. The molecule has 0 unspecified atom stereocenters. The summed E-state index contributed by atoms with van der Waals surface area (Å²) in [6.45, 7) is 0.561. The lowest BCUT2D eigenvalue weighted by atomic mass is 10.00.